The predicted octanol–water partition coefficient (Wildman–Crippen LogP) is 3.31. The number of sulfonamides is 1. The highest BCUT2D eigenvalue weighted by atomic mass is 127. The van der Waals surface area contributed by atoms with Gasteiger partial charge in [-0.1, -0.05) is 26.0 Å². The number of methoxy groups -OCH3 is 1. The van der Waals surface area contributed by atoms with E-state index in [1.165, 1.54) is 15.6 Å². The zero-order valence-electron chi connectivity index (χ0n) is 17.8. The number of guanidine groups is 1. The molecule has 1 aromatic heterocycles. The third kappa shape index (κ3) is 7.40. The van der Waals surface area contributed by atoms with E-state index in [1.807, 2.05) is 44.2 Å². The maximum Gasteiger partial charge on any atom is 0.252 e. The second kappa shape index (κ2) is 13.1. The van der Waals surface area contributed by atoms with Gasteiger partial charge in [0.05, 0.1) is 7.11 Å². The van der Waals surface area contributed by atoms with Crippen LogP contribution in [-0.2, 0) is 23.0 Å². The number of nitrogens with one attached hydrogen (secondary N) is 2. The molecule has 7 nitrogen and oxygen atoms in total. The molecular formula is C20H31IN4O3S2. The Kier molecular flexibility index (Phi) is 11.7. The van der Waals surface area contributed by atoms with Gasteiger partial charge in [0.1, 0.15) is 9.96 Å². The van der Waals surface area contributed by atoms with Gasteiger partial charge >= 0.3 is 0 Å². The van der Waals surface area contributed by atoms with Gasteiger partial charge in [0.15, 0.2) is 5.96 Å². The summed E-state index contributed by atoms with van der Waals surface area (Å²) in [5, 5.41) is 6.53. The van der Waals surface area contributed by atoms with Crippen molar-refractivity contribution in [2.75, 3.05) is 33.8 Å². The molecule has 0 fully saturated rings. The first kappa shape index (κ1) is 26.7. The Morgan fingerprint density at radius 1 is 1.10 bits per heavy atom. The first-order valence-corrected chi connectivity index (χ1v) is 11.9. The standard InChI is InChI=1S/C20H30N4O3S2.HI/c1-5-24(6-2)29(25,26)19-12-11-18(28-19)13-14-22-20(21-3)23-15-16-7-9-17(27-4)10-8-16;/h7-12H,5-6,13-15H2,1-4H3,(H2,21,22,23);1H. The molecule has 0 atom stereocenters. The molecule has 30 heavy (non-hydrogen) atoms. The van der Waals surface area contributed by atoms with Crippen molar-refractivity contribution in [2.45, 2.75) is 31.0 Å². The Labute approximate surface area is 201 Å². The summed E-state index contributed by atoms with van der Waals surface area (Å²) in [7, 11) is -0.0114. The van der Waals surface area contributed by atoms with Gasteiger partial charge in [0.2, 0.25) is 0 Å². The Morgan fingerprint density at radius 3 is 2.33 bits per heavy atom. The number of thiophene rings is 1. The third-order valence-electron chi connectivity index (χ3n) is 4.44. The van der Waals surface area contributed by atoms with Gasteiger partial charge in [-0.3, -0.25) is 4.99 Å². The lowest BCUT2D eigenvalue weighted by atomic mass is 10.2. The van der Waals surface area contributed by atoms with Crippen LogP contribution in [0.25, 0.3) is 0 Å². The van der Waals surface area contributed by atoms with Gasteiger partial charge in [0.25, 0.3) is 10.0 Å². The molecule has 1 heterocycles. The lowest BCUT2D eigenvalue weighted by molar-refractivity contribution is 0.414. The average Bonchev–Trinajstić information content (AvgIpc) is 3.21. The molecule has 1 aromatic carbocycles. The normalized spacial score (nSPS) is 11.8. The van der Waals surface area contributed by atoms with Crippen molar-refractivity contribution in [1.29, 1.82) is 0 Å². The molecule has 0 aliphatic rings. The van der Waals surface area contributed by atoms with Gasteiger partial charge in [-0.2, -0.15) is 4.31 Å². The number of ether oxygens (including phenoxy) is 1. The summed E-state index contributed by atoms with van der Waals surface area (Å²) < 4.78 is 32.2. The van der Waals surface area contributed by atoms with Crippen molar-refractivity contribution in [3.63, 3.8) is 0 Å². The number of hydrogen-bond acceptors (Lipinski definition) is 5. The predicted molar refractivity (Wildman–Crippen MR) is 135 cm³/mol. The second-order valence-electron chi connectivity index (χ2n) is 6.26. The maximum atomic E-state index is 12.6. The number of nitrogens with zero attached hydrogens (tertiary/aromatic N) is 2. The van der Waals surface area contributed by atoms with Crippen LogP contribution in [-0.4, -0.2) is 52.5 Å². The van der Waals surface area contributed by atoms with Crippen LogP contribution in [0.2, 0.25) is 0 Å². The van der Waals surface area contributed by atoms with Gasteiger partial charge in [-0.15, -0.1) is 35.3 Å². The number of rotatable bonds is 10. The third-order valence-corrected chi connectivity index (χ3v) is 8.11. The van der Waals surface area contributed by atoms with Crippen LogP contribution in [0.15, 0.2) is 45.6 Å². The van der Waals surface area contributed by atoms with Crippen LogP contribution in [0.1, 0.15) is 24.3 Å². The molecule has 0 bridgehead atoms. The van der Waals surface area contributed by atoms with Crippen molar-refractivity contribution >= 4 is 51.3 Å². The highest BCUT2D eigenvalue weighted by Crippen LogP contribution is 2.25. The largest absolute Gasteiger partial charge is 0.497 e. The molecule has 0 spiro atoms. The highest BCUT2D eigenvalue weighted by Gasteiger charge is 2.23. The van der Waals surface area contributed by atoms with Crippen molar-refractivity contribution < 1.29 is 13.2 Å². The van der Waals surface area contributed by atoms with Crippen LogP contribution < -0.4 is 15.4 Å². The van der Waals surface area contributed by atoms with E-state index in [2.05, 4.69) is 15.6 Å². The monoisotopic (exact) mass is 566 g/mol. The van der Waals surface area contributed by atoms with Crippen molar-refractivity contribution in [1.82, 2.24) is 14.9 Å². The van der Waals surface area contributed by atoms with Crippen molar-refractivity contribution in [2.24, 2.45) is 4.99 Å². The summed E-state index contributed by atoms with van der Waals surface area (Å²) in [4.78, 5) is 5.25. The Hall–Kier alpha value is -1.37. The molecule has 10 heteroatoms. The number of hydrogen-bond donors (Lipinski definition) is 2. The van der Waals surface area contributed by atoms with E-state index in [0.717, 1.165) is 22.6 Å². The zero-order valence-corrected chi connectivity index (χ0v) is 21.8. The van der Waals surface area contributed by atoms with Gasteiger partial charge < -0.3 is 15.4 Å². The van der Waals surface area contributed by atoms with Crippen LogP contribution in [0.5, 0.6) is 5.75 Å². The molecular weight excluding hydrogens is 535 g/mol. The molecule has 0 saturated heterocycles. The number of aliphatic imine (C=N–C) groups is 1. The lowest BCUT2D eigenvalue weighted by Gasteiger charge is -2.16. The second-order valence-corrected chi connectivity index (χ2v) is 9.59. The van der Waals surface area contributed by atoms with E-state index in [1.54, 1.807) is 20.2 Å². The number of halogens is 1. The summed E-state index contributed by atoms with van der Waals surface area (Å²) in [6, 6.07) is 11.4. The van der Waals surface area contributed by atoms with E-state index >= 15 is 0 Å². The summed E-state index contributed by atoms with van der Waals surface area (Å²) >= 11 is 1.33. The first-order chi connectivity index (χ1) is 13.9. The molecule has 2 aromatic rings. The summed E-state index contributed by atoms with van der Waals surface area (Å²) in [5.74, 6) is 1.53. The zero-order chi connectivity index (χ0) is 21.3. The Balaban J connectivity index is 0.00000450. The minimum Gasteiger partial charge on any atom is -0.497 e. The van der Waals surface area contributed by atoms with Gasteiger partial charge in [0, 0.05) is 38.1 Å². The molecule has 2 rings (SSSR count). The van der Waals surface area contributed by atoms with E-state index in [-0.39, 0.29) is 24.0 Å². The fourth-order valence-electron chi connectivity index (χ4n) is 2.78. The van der Waals surface area contributed by atoms with Crippen LogP contribution in [0, 0.1) is 0 Å². The maximum absolute atomic E-state index is 12.6. The Morgan fingerprint density at radius 2 is 1.77 bits per heavy atom. The number of benzene rings is 1. The SMILES string of the molecule is CCN(CC)S(=O)(=O)c1ccc(CCNC(=NC)NCc2ccc(OC)cc2)s1.I. The molecule has 0 aliphatic heterocycles. The average molecular weight is 567 g/mol. The van der Waals surface area contributed by atoms with E-state index in [0.29, 0.717) is 36.3 Å². The minimum absolute atomic E-state index is 0. The molecule has 0 aliphatic carbocycles. The minimum atomic E-state index is -3.38. The van der Waals surface area contributed by atoms with E-state index in [4.69, 9.17) is 4.74 Å². The van der Waals surface area contributed by atoms with Gasteiger partial charge in [-0.25, -0.2) is 8.42 Å². The molecule has 0 saturated carbocycles. The smallest absolute Gasteiger partial charge is 0.252 e. The summed E-state index contributed by atoms with van der Waals surface area (Å²) in [6.45, 7) is 5.96. The Bertz CT molecular complexity index is 895. The van der Waals surface area contributed by atoms with Crippen molar-refractivity contribution in [3.8, 4) is 5.75 Å². The fourth-order valence-corrected chi connectivity index (χ4v) is 5.74. The van der Waals surface area contributed by atoms with E-state index in [9.17, 15) is 8.42 Å². The first-order valence-electron chi connectivity index (χ1n) is 9.60. The molecule has 2 N–H and O–H groups in total. The lowest BCUT2D eigenvalue weighted by Crippen LogP contribution is -2.37. The molecule has 168 valence electrons. The summed E-state index contributed by atoms with van der Waals surface area (Å²) in [6.07, 6.45) is 0.724. The fraction of sp³-hybridized carbons (Fsp3) is 0.450. The molecule has 0 unspecified atom stereocenters. The van der Waals surface area contributed by atoms with Crippen molar-refractivity contribution in [3.05, 3.63) is 46.8 Å². The topological polar surface area (TPSA) is 83.0 Å². The van der Waals surface area contributed by atoms with Crippen LogP contribution in [0.4, 0.5) is 0 Å². The van der Waals surface area contributed by atoms with Gasteiger partial charge in [-0.05, 0) is 36.2 Å². The molecule has 0 radical (unpaired) electrons. The van der Waals surface area contributed by atoms with Crippen LogP contribution >= 0.6 is 35.3 Å². The summed E-state index contributed by atoms with van der Waals surface area (Å²) in [5.41, 5.74) is 1.12. The molecule has 0 amide bonds. The highest BCUT2D eigenvalue weighted by molar-refractivity contribution is 14.0. The quantitative estimate of drug-likeness (QED) is 0.262. The van der Waals surface area contributed by atoms with Crippen LogP contribution in [0.3, 0.4) is 0 Å². The van der Waals surface area contributed by atoms with E-state index < -0.39 is 10.0 Å².